The quantitative estimate of drug-likeness (QED) is 0.611. The van der Waals surface area contributed by atoms with Gasteiger partial charge in [0.25, 0.3) is 0 Å². The Morgan fingerprint density at radius 3 is 2.39 bits per heavy atom. The molecule has 0 radical (unpaired) electrons. The van der Waals surface area contributed by atoms with Crippen LogP contribution in [0.4, 0.5) is 13.2 Å². The lowest BCUT2D eigenvalue weighted by Gasteiger charge is -2.12. The Bertz CT molecular complexity index is 561. The molecule has 0 atom stereocenters. The molecule has 0 saturated heterocycles. The molecule has 18 heavy (non-hydrogen) atoms. The maximum Gasteiger partial charge on any atom is 0.574 e. The van der Waals surface area contributed by atoms with Crippen LogP contribution >= 0.6 is 22.6 Å². The summed E-state index contributed by atoms with van der Waals surface area (Å²) in [6.45, 7) is 0. The molecule has 0 aliphatic rings. The highest BCUT2D eigenvalue weighted by Crippen LogP contribution is 2.32. The van der Waals surface area contributed by atoms with Crippen LogP contribution in [0.25, 0.3) is 0 Å². The summed E-state index contributed by atoms with van der Waals surface area (Å²) in [5.41, 5.74) is 0. The number of rotatable bonds is 3. The minimum atomic E-state index is -4.99. The number of hydrogen-bond donors (Lipinski definition) is 1. The first-order valence-corrected chi connectivity index (χ1v) is 6.70. The van der Waals surface area contributed by atoms with E-state index in [9.17, 15) is 21.6 Å². The Morgan fingerprint density at radius 1 is 1.44 bits per heavy atom. The molecule has 1 aromatic heterocycles. The van der Waals surface area contributed by atoms with E-state index >= 15 is 0 Å². The Balaban J connectivity index is 3.41. The average molecular weight is 398 g/mol. The zero-order chi connectivity index (χ0) is 14.1. The highest BCUT2D eigenvalue weighted by molar-refractivity contribution is 14.1. The molecule has 0 bridgehead atoms. The molecule has 0 aliphatic heterocycles. The Morgan fingerprint density at radius 2 is 2.00 bits per heavy atom. The van der Waals surface area contributed by atoms with Gasteiger partial charge in [-0.2, -0.15) is 0 Å². The van der Waals surface area contributed by atoms with Gasteiger partial charge in [0.1, 0.15) is 8.60 Å². The summed E-state index contributed by atoms with van der Waals surface area (Å²) in [6.07, 6.45) is -4.99. The molecular weight excluding hydrogens is 392 g/mol. The van der Waals surface area contributed by atoms with Gasteiger partial charge in [0.2, 0.25) is 15.9 Å². The predicted molar refractivity (Wildman–Crippen MR) is 61.6 cm³/mol. The van der Waals surface area contributed by atoms with Crippen molar-refractivity contribution in [3.05, 3.63) is 9.77 Å². The van der Waals surface area contributed by atoms with Gasteiger partial charge in [-0.1, -0.05) is 0 Å². The van der Waals surface area contributed by atoms with Crippen LogP contribution in [-0.4, -0.2) is 26.9 Å². The number of halogens is 4. The molecule has 11 heteroatoms. The largest absolute Gasteiger partial charge is 0.574 e. The number of nitrogens with two attached hydrogens (primary N) is 1. The van der Waals surface area contributed by atoms with E-state index in [1.54, 1.807) is 0 Å². The summed E-state index contributed by atoms with van der Waals surface area (Å²) in [7, 11) is -3.13. The Hall–Kier alpha value is -0.820. The molecule has 0 amide bonds. The molecule has 0 fully saturated rings. The number of sulfonamides is 1. The average Bonchev–Trinajstić information content (AvgIpc) is 2.12. The molecule has 2 N–H and O–H groups in total. The first kappa shape index (κ1) is 15.2. The smallest absolute Gasteiger partial charge is 0.493 e. The Kier molecular flexibility index (Phi) is 4.27. The number of alkyl halides is 3. The van der Waals surface area contributed by atoms with E-state index in [4.69, 9.17) is 9.88 Å². The molecule has 1 aromatic rings. The van der Waals surface area contributed by atoms with Gasteiger partial charge in [-0.3, -0.25) is 0 Å². The molecule has 102 valence electrons. The summed E-state index contributed by atoms with van der Waals surface area (Å²) in [5, 5.41) is 4.86. The van der Waals surface area contributed by atoms with Gasteiger partial charge < -0.3 is 9.47 Å². The zero-order valence-corrected chi connectivity index (χ0v) is 11.6. The van der Waals surface area contributed by atoms with Crippen LogP contribution in [0.1, 0.15) is 0 Å². The summed E-state index contributed by atoms with van der Waals surface area (Å²) in [4.78, 5) is 2.77. The van der Waals surface area contributed by atoms with E-state index in [-0.39, 0.29) is 9.45 Å². The number of hydrogen-bond acceptors (Lipinski definition) is 5. The molecule has 6 nitrogen and oxygen atoms in total. The van der Waals surface area contributed by atoms with Crippen LogP contribution in [0, 0.1) is 3.70 Å². The fourth-order valence-corrected chi connectivity index (χ4v) is 2.66. The lowest BCUT2D eigenvalue weighted by Crippen LogP contribution is -2.20. The van der Waals surface area contributed by atoms with Gasteiger partial charge in [-0.25, -0.2) is 18.5 Å². The number of aromatic nitrogens is 1. The van der Waals surface area contributed by atoms with E-state index in [1.807, 2.05) is 0 Å². The van der Waals surface area contributed by atoms with Crippen molar-refractivity contribution < 1.29 is 31.1 Å². The second-order valence-electron chi connectivity index (χ2n) is 2.88. The molecule has 0 spiro atoms. The number of primary sulfonamides is 1. The topological polar surface area (TPSA) is 91.5 Å². The Labute approximate surface area is 113 Å². The number of pyridine rings is 1. The second kappa shape index (κ2) is 5.05. The maximum absolute atomic E-state index is 12.0. The van der Waals surface area contributed by atoms with E-state index in [2.05, 4.69) is 9.72 Å². The van der Waals surface area contributed by atoms with Crippen LogP contribution in [0.5, 0.6) is 11.6 Å². The van der Waals surface area contributed by atoms with E-state index in [1.165, 1.54) is 22.6 Å². The zero-order valence-electron chi connectivity index (χ0n) is 8.66. The molecule has 0 aliphatic carbocycles. The van der Waals surface area contributed by atoms with Crippen LogP contribution < -0.4 is 14.6 Å². The standard InChI is InChI=1S/C7H6F3IN2O4S/c1-16-5-3(18(12,14)15)2-4(13-6(5)11)17-7(8,9)10/h2H,1H3,(H2,12,14,15). The minimum absolute atomic E-state index is 0.124. The van der Waals surface area contributed by atoms with Crippen LogP contribution in [-0.2, 0) is 10.0 Å². The first-order valence-electron chi connectivity index (χ1n) is 4.07. The fourth-order valence-electron chi connectivity index (χ4n) is 1.03. The van der Waals surface area contributed by atoms with E-state index in [0.717, 1.165) is 7.11 Å². The van der Waals surface area contributed by atoms with Gasteiger partial charge >= 0.3 is 6.36 Å². The molecule has 0 unspecified atom stereocenters. The second-order valence-corrected chi connectivity index (χ2v) is 5.43. The van der Waals surface area contributed by atoms with Crippen molar-refractivity contribution in [1.29, 1.82) is 0 Å². The van der Waals surface area contributed by atoms with Crippen molar-refractivity contribution in [1.82, 2.24) is 4.98 Å². The lowest BCUT2D eigenvalue weighted by molar-refractivity contribution is -0.276. The lowest BCUT2D eigenvalue weighted by atomic mass is 10.4. The van der Waals surface area contributed by atoms with Crippen molar-refractivity contribution in [2.24, 2.45) is 5.14 Å². The third-order valence-electron chi connectivity index (χ3n) is 1.61. The highest BCUT2D eigenvalue weighted by Gasteiger charge is 2.33. The predicted octanol–water partition coefficient (Wildman–Crippen LogP) is 1.24. The van der Waals surface area contributed by atoms with Crippen LogP contribution in [0.15, 0.2) is 11.0 Å². The van der Waals surface area contributed by atoms with Crippen molar-refractivity contribution in [2.75, 3.05) is 7.11 Å². The summed E-state index contributed by atoms with van der Waals surface area (Å²) in [5.74, 6) is -1.18. The number of nitrogens with zero attached hydrogens (tertiary/aromatic N) is 1. The van der Waals surface area contributed by atoms with E-state index in [0.29, 0.717) is 6.07 Å². The van der Waals surface area contributed by atoms with Gasteiger partial charge in [-0.05, 0) is 22.6 Å². The van der Waals surface area contributed by atoms with Gasteiger partial charge in [0, 0.05) is 6.07 Å². The van der Waals surface area contributed by atoms with Crippen molar-refractivity contribution >= 4 is 32.6 Å². The molecule has 0 aromatic carbocycles. The van der Waals surface area contributed by atoms with Crippen molar-refractivity contribution in [3.8, 4) is 11.6 Å². The van der Waals surface area contributed by atoms with Crippen molar-refractivity contribution in [3.63, 3.8) is 0 Å². The third kappa shape index (κ3) is 3.84. The SMILES string of the molecule is COc1c(S(N)(=O)=O)cc(OC(F)(F)F)nc1I. The molecule has 1 rings (SSSR count). The van der Waals surface area contributed by atoms with Gasteiger partial charge in [0.15, 0.2) is 5.75 Å². The van der Waals surface area contributed by atoms with Gasteiger partial charge in [-0.15, -0.1) is 13.2 Å². The molecular formula is C7H6F3IN2O4S. The highest BCUT2D eigenvalue weighted by atomic mass is 127. The third-order valence-corrected chi connectivity index (χ3v) is 3.25. The monoisotopic (exact) mass is 398 g/mol. The molecule has 0 saturated carbocycles. The van der Waals surface area contributed by atoms with E-state index < -0.39 is 27.2 Å². The maximum atomic E-state index is 12.0. The van der Waals surface area contributed by atoms with Crippen LogP contribution in [0.2, 0.25) is 0 Å². The fraction of sp³-hybridized carbons (Fsp3) is 0.286. The summed E-state index contributed by atoms with van der Waals surface area (Å²) in [6, 6.07) is 0.545. The number of ether oxygens (including phenoxy) is 2. The molecule has 1 heterocycles. The minimum Gasteiger partial charge on any atom is -0.493 e. The summed E-state index contributed by atoms with van der Waals surface area (Å²) >= 11 is 1.50. The van der Waals surface area contributed by atoms with Crippen molar-refractivity contribution in [2.45, 2.75) is 11.3 Å². The summed E-state index contributed by atoms with van der Waals surface area (Å²) < 4.78 is 66.6. The van der Waals surface area contributed by atoms with Gasteiger partial charge in [0.05, 0.1) is 7.11 Å². The normalized spacial score (nSPS) is 12.3. The number of methoxy groups -OCH3 is 1. The first-order chi connectivity index (χ1) is 8.04. The van der Waals surface area contributed by atoms with Crippen LogP contribution in [0.3, 0.4) is 0 Å².